The van der Waals surface area contributed by atoms with Crippen LogP contribution in [0.15, 0.2) is 29.6 Å². The largest absolute Gasteiger partial charge is 0.496 e. The molecule has 106 valence electrons. The van der Waals surface area contributed by atoms with E-state index in [-0.39, 0.29) is 11.5 Å². The molecule has 0 aliphatic carbocycles. The van der Waals surface area contributed by atoms with Crippen molar-refractivity contribution in [2.24, 2.45) is 5.73 Å². The first kappa shape index (κ1) is 13.5. The summed E-state index contributed by atoms with van der Waals surface area (Å²) in [7, 11) is 1.67. The second kappa shape index (κ2) is 4.79. The van der Waals surface area contributed by atoms with Gasteiger partial charge in [-0.2, -0.15) is 0 Å². The predicted octanol–water partition coefficient (Wildman–Crippen LogP) is 3.47. The quantitative estimate of drug-likeness (QED) is 0.941. The van der Waals surface area contributed by atoms with E-state index in [2.05, 4.69) is 26.0 Å². The fourth-order valence-electron chi connectivity index (χ4n) is 2.50. The Morgan fingerprint density at radius 1 is 1.35 bits per heavy atom. The fourth-order valence-corrected chi connectivity index (χ4v) is 3.38. The van der Waals surface area contributed by atoms with E-state index < -0.39 is 0 Å². The number of benzene rings is 1. The lowest BCUT2D eigenvalue weighted by Gasteiger charge is -2.17. The molecule has 4 heteroatoms. The lowest BCUT2D eigenvalue weighted by Crippen LogP contribution is -2.19. The van der Waals surface area contributed by atoms with Crippen molar-refractivity contribution in [3.05, 3.63) is 45.6 Å². The molecular weight excluding hydrogens is 270 g/mol. The van der Waals surface area contributed by atoms with Crippen LogP contribution in [0.5, 0.6) is 11.5 Å². The molecule has 0 bridgehead atoms. The van der Waals surface area contributed by atoms with Crippen molar-refractivity contribution >= 4 is 11.3 Å². The van der Waals surface area contributed by atoms with E-state index in [9.17, 15) is 0 Å². The third kappa shape index (κ3) is 2.19. The molecule has 2 N–H and O–H groups in total. The number of rotatable bonds is 3. The van der Waals surface area contributed by atoms with Crippen molar-refractivity contribution in [3.63, 3.8) is 0 Å². The lowest BCUT2D eigenvalue weighted by atomic mass is 9.85. The number of methoxy groups -OCH3 is 1. The van der Waals surface area contributed by atoms with E-state index in [1.807, 2.05) is 17.5 Å². The van der Waals surface area contributed by atoms with Gasteiger partial charge in [-0.3, -0.25) is 0 Å². The van der Waals surface area contributed by atoms with E-state index in [1.165, 1.54) is 5.56 Å². The number of nitrogens with two attached hydrogens (primary N) is 1. The minimum Gasteiger partial charge on any atom is -0.496 e. The Kier molecular flexibility index (Phi) is 3.22. The zero-order valence-electron chi connectivity index (χ0n) is 12.0. The minimum absolute atomic E-state index is 0.0538. The molecule has 0 fully saturated rings. The van der Waals surface area contributed by atoms with Crippen LogP contribution in [-0.4, -0.2) is 13.7 Å². The van der Waals surface area contributed by atoms with Crippen LogP contribution in [0.25, 0.3) is 0 Å². The van der Waals surface area contributed by atoms with Crippen molar-refractivity contribution in [2.45, 2.75) is 25.3 Å². The van der Waals surface area contributed by atoms with Gasteiger partial charge in [-0.1, -0.05) is 19.9 Å². The molecule has 0 amide bonds. The highest BCUT2D eigenvalue weighted by Crippen LogP contribution is 2.40. The molecule has 2 heterocycles. The molecular formula is C16H19NO2S. The van der Waals surface area contributed by atoms with Gasteiger partial charge in [0, 0.05) is 21.2 Å². The van der Waals surface area contributed by atoms with Crippen LogP contribution in [0.2, 0.25) is 0 Å². The maximum atomic E-state index is 6.38. The molecule has 0 spiro atoms. The average Bonchev–Trinajstić information content (AvgIpc) is 3.03. The normalized spacial score (nSPS) is 17.4. The monoisotopic (exact) mass is 289 g/mol. The van der Waals surface area contributed by atoms with Crippen molar-refractivity contribution < 1.29 is 9.47 Å². The number of hydrogen-bond donors (Lipinski definition) is 1. The number of thiophene rings is 1. The van der Waals surface area contributed by atoms with Gasteiger partial charge in [-0.05, 0) is 23.8 Å². The molecule has 1 aliphatic rings. The second-order valence-corrected chi connectivity index (χ2v) is 6.74. The maximum absolute atomic E-state index is 6.38. The molecule has 1 atom stereocenters. The Bertz CT molecular complexity index is 633. The zero-order chi connectivity index (χ0) is 14.3. The summed E-state index contributed by atoms with van der Waals surface area (Å²) >= 11 is 1.63. The first-order valence-electron chi connectivity index (χ1n) is 6.66. The Labute approximate surface area is 123 Å². The summed E-state index contributed by atoms with van der Waals surface area (Å²) in [6.45, 7) is 5.12. The van der Waals surface area contributed by atoms with Gasteiger partial charge >= 0.3 is 0 Å². The molecule has 3 rings (SSSR count). The summed E-state index contributed by atoms with van der Waals surface area (Å²) in [4.78, 5) is 1.11. The summed E-state index contributed by atoms with van der Waals surface area (Å²) in [5, 5.41) is 1.98. The van der Waals surface area contributed by atoms with Gasteiger partial charge in [0.15, 0.2) is 0 Å². The van der Waals surface area contributed by atoms with Crippen LogP contribution < -0.4 is 15.2 Å². The standard InChI is InChI=1S/C16H19NO2S/c1-16(2)9-19-13-5-4-10(6-12(13)16)15(17)14-7-11(18-3)8-20-14/h4-8,15H,9,17H2,1-3H3. The molecule has 0 radical (unpaired) electrons. The van der Waals surface area contributed by atoms with Crippen LogP contribution in [0.1, 0.15) is 35.9 Å². The molecule has 20 heavy (non-hydrogen) atoms. The van der Waals surface area contributed by atoms with Crippen LogP contribution in [-0.2, 0) is 5.41 Å². The molecule has 3 nitrogen and oxygen atoms in total. The first-order chi connectivity index (χ1) is 9.51. The van der Waals surface area contributed by atoms with Crippen molar-refractivity contribution in [1.82, 2.24) is 0 Å². The number of fused-ring (bicyclic) bond motifs is 1. The van der Waals surface area contributed by atoms with Crippen LogP contribution in [0.3, 0.4) is 0 Å². The highest BCUT2D eigenvalue weighted by atomic mass is 32.1. The first-order valence-corrected chi connectivity index (χ1v) is 7.54. The second-order valence-electron chi connectivity index (χ2n) is 5.79. The van der Waals surface area contributed by atoms with Crippen molar-refractivity contribution in [3.8, 4) is 11.5 Å². The molecule has 1 aromatic heterocycles. The smallest absolute Gasteiger partial charge is 0.129 e. The van der Waals surface area contributed by atoms with Crippen molar-refractivity contribution in [2.75, 3.05) is 13.7 Å². The Balaban J connectivity index is 1.95. The lowest BCUT2D eigenvalue weighted by molar-refractivity contribution is 0.291. The van der Waals surface area contributed by atoms with Gasteiger partial charge in [0.25, 0.3) is 0 Å². The third-order valence-corrected chi connectivity index (χ3v) is 4.81. The highest BCUT2D eigenvalue weighted by Gasteiger charge is 2.32. The van der Waals surface area contributed by atoms with E-state index in [4.69, 9.17) is 15.2 Å². The highest BCUT2D eigenvalue weighted by molar-refractivity contribution is 7.10. The predicted molar refractivity (Wildman–Crippen MR) is 81.9 cm³/mol. The minimum atomic E-state index is -0.120. The van der Waals surface area contributed by atoms with Gasteiger partial charge in [0.05, 0.1) is 19.8 Å². The van der Waals surface area contributed by atoms with Gasteiger partial charge in [0.2, 0.25) is 0 Å². The van der Waals surface area contributed by atoms with Gasteiger partial charge in [0.1, 0.15) is 11.5 Å². The Hall–Kier alpha value is -1.52. The Morgan fingerprint density at radius 2 is 2.15 bits per heavy atom. The number of hydrogen-bond acceptors (Lipinski definition) is 4. The molecule has 0 saturated heterocycles. The summed E-state index contributed by atoms with van der Waals surface area (Å²) in [5.74, 6) is 1.85. The van der Waals surface area contributed by atoms with Crippen LogP contribution >= 0.6 is 11.3 Å². The zero-order valence-corrected chi connectivity index (χ0v) is 12.8. The average molecular weight is 289 g/mol. The maximum Gasteiger partial charge on any atom is 0.129 e. The van der Waals surface area contributed by atoms with Crippen LogP contribution in [0.4, 0.5) is 0 Å². The molecule has 1 unspecified atom stereocenters. The number of ether oxygens (including phenoxy) is 2. The van der Waals surface area contributed by atoms with E-state index in [0.717, 1.165) is 28.5 Å². The summed E-state index contributed by atoms with van der Waals surface area (Å²) in [6.07, 6.45) is 0. The molecule has 1 aliphatic heterocycles. The summed E-state index contributed by atoms with van der Waals surface area (Å²) < 4.78 is 10.9. The molecule has 0 saturated carbocycles. The van der Waals surface area contributed by atoms with E-state index in [0.29, 0.717) is 0 Å². The SMILES string of the molecule is COc1csc(C(N)c2ccc3c(c2)C(C)(C)CO3)c1. The molecule has 2 aromatic rings. The van der Waals surface area contributed by atoms with Gasteiger partial charge < -0.3 is 15.2 Å². The summed E-state index contributed by atoms with van der Waals surface area (Å²) in [5.41, 5.74) is 8.80. The van der Waals surface area contributed by atoms with Crippen molar-refractivity contribution in [1.29, 1.82) is 0 Å². The topological polar surface area (TPSA) is 44.5 Å². The van der Waals surface area contributed by atoms with E-state index in [1.54, 1.807) is 18.4 Å². The van der Waals surface area contributed by atoms with Gasteiger partial charge in [-0.25, -0.2) is 0 Å². The fraction of sp³-hybridized carbons (Fsp3) is 0.375. The van der Waals surface area contributed by atoms with Crippen LogP contribution in [0, 0.1) is 0 Å². The van der Waals surface area contributed by atoms with Gasteiger partial charge in [-0.15, -0.1) is 11.3 Å². The third-order valence-electron chi connectivity index (χ3n) is 3.82. The summed E-state index contributed by atoms with van der Waals surface area (Å²) in [6, 6.07) is 8.15. The molecule has 1 aromatic carbocycles. The Morgan fingerprint density at radius 3 is 2.85 bits per heavy atom. The van der Waals surface area contributed by atoms with E-state index >= 15 is 0 Å².